The van der Waals surface area contributed by atoms with Crippen molar-refractivity contribution < 1.29 is 9.53 Å². The van der Waals surface area contributed by atoms with Crippen molar-refractivity contribution in [3.8, 4) is 5.75 Å². The van der Waals surface area contributed by atoms with Crippen molar-refractivity contribution in [1.82, 2.24) is 30.3 Å². The Bertz CT molecular complexity index is 1220. The van der Waals surface area contributed by atoms with E-state index in [0.29, 0.717) is 37.4 Å². The van der Waals surface area contributed by atoms with Crippen molar-refractivity contribution in [3.05, 3.63) is 72.1 Å². The summed E-state index contributed by atoms with van der Waals surface area (Å²) in [5.74, 6) is 1.48. The first-order chi connectivity index (χ1) is 15.7. The highest BCUT2D eigenvalue weighted by Crippen LogP contribution is 2.27. The number of benzene rings is 2. The molecule has 0 unspecified atom stereocenters. The van der Waals surface area contributed by atoms with Crippen LogP contribution in [-0.2, 0) is 25.0 Å². The van der Waals surface area contributed by atoms with Gasteiger partial charge in [-0.15, -0.1) is 5.10 Å². The smallest absolute Gasteiger partial charge is 0.226 e. The lowest BCUT2D eigenvalue weighted by Crippen LogP contribution is -2.54. The summed E-state index contributed by atoms with van der Waals surface area (Å²) in [5, 5.41) is 11.2. The molecule has 2 aromatic carbocycles. The molecule has 2 aromatic heterocycles. The molecule has 1 amide bonds. The van der Waals surface area contributed by atoms with Gasteiger partial charge in [-0.2, -0.15) is 0 Å². The summed E-state index contributed by atoms with van der Waals surface area (Å²) in [4.78, 5) is 23.1. The number of ether oxygens (including phenoxy) is 1. The van der Waals surface area contributed by atoms with Gasteiger partial charge in [0.05, 0.1) is 5.92 Å². The van der Waals surface area contributed by atoms with E-state index >= 15 is 0 Å². The van der Waals surface area contributed by atoms with Crippen LogP contribution < -0.4 is 15.0 Å². The lowest BCUT2D eigenvalue weighted by atomic mass is 9.99. The molecule has 1 N–H and O–H groups in total. The monoisotopic (exact) mass is 429 g/mol. The van der Waals surface area contributed by atoms with Gasteiger partial charge in [-0.05, 0) is 23.3 Å². The van der Waals surface area contributed by atoms with Gasteiger partial charge in [0.15, 0.2) is 17.0 Å². The SMILES string of the molecule is Cn1nnc2c(N3CC(C(=O)NCc4ccc(OCc5ccccc5)cc4)C3)ncnc21. The number of aromatic nitrogens is 5. The summed E-state index contributed by atoms with van der Waals surface area (Å²) in [6.07, 6.45) is 1.50. The fraction of sp³-hybridized carbons (Fsp3) is 0.261. The van der Waals surface area contributed by atoms with E-state index in [1.54, 1.807) is 11.7 Å². The fourth-order valence-electron chi connectivity index (χ4n) is 3.67. The van der Waals surface area contributed by atoms with Crippen LogP contribution in [0.25, 0.3) is 11.2 Å². The van der Waals surface area contributed by atoms with Crippen LogP contribution in [0.15, 0.2) is 60.9 Å². The molecule has 1 saturated heterocycles. The Labute approximate surface area is 185 Å². The summed E-state index contributed by atoms with van der Waals surface area (Å²) in [5.41, 5.74) is 3.49. The van der Waals surface area contributed by atoms with E-state index in [1.165, 1.54) is 6.33 Å². The summed E-state index contributed by atoms with van der Waals surface area (Å²) >= 11 is 0. The number of nitrogens with zero attached hydrogens (tertiary/aromatic N) is 6. The molecule has 0 bridgehead atoms. The number of aryl methyl sites for hydroxylation is 1. The van der Waals surface area contributed by atoms with Crippen LogP contribution in [0.5, 0.6) is 5.75 Å². The first-order valence-corrected chi connectivity index (χ1v) is 10.5. The largest absolute Gasteiger partial charge is 0.489 e. The minimum absolute atomic E-state index is 0.0371. The summed E-state index contributed by atoms with van der Waals surface area (Å²) in [6.45, 7) is 2.21. The highest BCUT2D eigenvalue weighted by molar-refractivity contribution is 5.86. The molecule has 1 fully saturated rings. The minimum Gasteiger partial charge on any atom is -0.489 e. The van der Waals surface area contributed by atoms with Crippen LogP contribution in [0.3, 0.4) is 0 Å². The first-order valence-electron chi connectivity index (χ1n) is 10.5. The van der Waals surface area contributed by atoms with Gasteiger partial charge in [0.1, 0.15) is 18.7 Å². The van der Waals surface area contributed by atoms with Gasteiger partial charge in [0, 0.05) is 26.7 Å². The van der Waals surface area contributed by atoms with Gasteiger partial charge in [0.25, 0.3) is 0 Å². The van der Waals surface area contributed by atoms with Crippen LogP contribution in [0.4, 0.5) is 5.82 Å². The normalized spacial score (nSPS) is 13.7. The number of fused-ring (bicyclic) bond motifs is 1. The molecule has 0 radical (unpaired) electrons. The highest BCUT2D eigenvalue weighted by atomic mass is 16.5. The van der Waals surface area contributed by atoms with E-state index in [9.17, 15) is 4.79 Å². The Morgan fingerprint density at radius 1 is 1.06 bits per heavy atom. The molecular weight excluding hydrogens is 406 g/mol. The third-order valence-electron chi connectivity index (χ3n) is 5.56. The van der Waals surface area contributed by atoms with Crippen molar-refractivity contribution >= 4 is 22.9 Å². The van der Waals surface area contributed by atoms with E-state index in [-0.39, 0.29) is 11.8 Å². The van der Waals surface area contributed by atoms with Crippen molar-refractivity contribution in [1.29, 1.82) is 0 Å². The molecule has 0 spiro atoms. The minimum atomic E-state index is -0.0786. The summed E-state index contributed by atoms with van der Waals surface area (Å²) < 4.78 is 7.42. The Balaban J connectivity index is 1.10. The maximum atomic E-state index is 12.5. The molecule has 9 heteroatoms. The zero-order chi connectivity index (χ0) is 21.9. The Morgan fingerprint density at radius 2 is 1.84 bits per heavy atom. The van der Waals surface area contributed by atoms with Gasteiger partial charge < -0.3 is 15.0 Å². The molecule has 162 valence electrons. The first kappa shape index (κ1) is 19.9. The van der Waals surface area contributed by atoms with Crippen LogP contribution in [-0.4, -0.2) is 44.0 Å². The molecule has 0 saturated carbocycles. The van der Waals surface area contributed by atoms with E-state index in [0.717, 1.165) is 22.7 Å². The maximum absolute atomic E-state index is 12.5. The predicted molar refractivity (Wildman–Crippen MR) is 119 cm³/mol. The quantitative estimate of drug-likeness (QED) is 0.480. The van der Waals surface area contributed by atoms with E-state index in [1.807, 2.05) is 59.5 Å². The lowest BCUT2D eigenvalue weighted by Gasteiger charge is -2.38. The molecule has 0 aliphatic carbocycles. The standard InChI is InChI=1S/C23H23N7O2/c1-29-21-20(27-28-29)22(26-15-25-21)30-12-18(13-30)23(31)24-11-16-7-9-19(10-8-16)32-14-17-5-3-2-4-6-17/h2-10,15,18H,11-14H2,1H3,(H,24,31). The molecule has 3 heterocycles. The number of nitrogens with one attached hydrogen (secondary N) is 1. The molecule has 0 atom stereocenters. The number of carbonyl (C=O) groups is 1. The van der Waals surface area contributed by atoms with Crippen LogP contribution in [0, 0.1) is 5.92 Å². The zero-order valence-corrected chi connectivity index (χ0v) is 17.7. The number of hydrogen-bond donors (Lipinski definition) is 1. The molecule has 4 aromatic rings. The molecule has 9 nitrogen and oxygen atoms in total. The van der Waals surface area contributed by atoms with Crippen molar-refractivity contribution in [2.75, 3.05) is 18.0 Å². The third kappa shape index (κ3) is 4.09. The molecule has 1 aliphatic heterocycles. The molecule has 1 aliphatic rings. The summed E-state index contributed by atoms with van der Waals surface area (Å²) in [6, 6.07) is 17.8. The van der Waals surface area contributed by atoms with Crippen molar-refractivity contribution in [2.45, 2.75) is 13.2 Å². The number of carbonyl (C=O) groups excluding carboxylic acids is 1. The fourth-order valence-corrected chi connectivity index (χ4v) is 3.67. The van der Waals surface area contributed by atoms with E-state index in [4.69, 9.17) is 4.74 Å². The van der Waals surface area contributed by atoms with Gasteiger partial charge in [-0.25, -0.2) is 14.6 Å². The summed E-state index contributed by atoms with van der Waals surface area (Å²) in [7, 11) is 1.79. The maximum Gasteiger partial charge on any atom is 0.226 e. The molecule has 5 rings (SSSR count). The second kappa shape index (κ2) is 8.62. The number of hydrogen-bond acceptors (Lipinski definition) is 7. The average Bonchev–Trinajstić information content (AvgIpc) is 3.18. The van der Waals surface area contributed by atoms with Crippen molar-refractivity contribution in [3.63, 3.8) is 0 Å². The number of amides is 1. The Kier molecular flexibility index (Phi) is 5.37. The molecular formula is C23H23N7O2. The topological polar surface area (TPSA) is 98.1 Å². The van der Waals surface area contributed by atoms with Gasteiger partial charge in [-0.1, -0.05) is 47.7 Å². The second-order valence-electron chi connectivity index (χ2n) is 7.82. The highest BCUT2D eigenvalue weighted by Gasteiger charge is 2.34. The number of rotatable bonds is 7. The van der Waals surface area contributed by atoms with Crippen LogP contribution >= 0.6 is 0 Å². The Hall–Kier alpha value is -4.01. The van der Waals surface area contributed by atoms with Crippen molar-refractivity contribution in [2.24, 2.45) is 13.0 Å². The van der Waals surface area contributed by atoms with Gasteiger partial charge in [-0.3, -0.25) is 4.79 Å². The lowest BCUT2D eigenvalue weighted by molar-refractivity contribution is -0.125. The Morgan fingerprint density at radius 3 is 2.62 bits per heavy atom. The van der Waals surface area contributed by atoms with Gasteiger partial charge >= 0.3 is 0 Å². The average molecular weight is 429 g/mol. The van der Waals surface area contributed by atoms with E-state index < -0.39 is 0 Å². The van der Waals surface area contributed by atoms with Crippen LogP contribution in [0.2, 0.25) is 0 Å². The van der Waals surface area contributed by atoms with Crippen LogP contribution in [0.1, 0.15) is 11.1 Å². The molecule has 32 heavy (non-hydrogen) atoms. The number of anilines is 1. The second-order valence-corrected chi connectivity index (χ2v) is 7.82. The zero-order valence-electron chi connectivity index (χ0n) is 17.7. The van der Waals surface area contributed by atoms with E-state index in [2.05, 4.69) is 25.6 Å². The predicted octanol–water partition coefficient (Wildman–Crippen LogP) is 2.09. The third-order valence-corrected chi connectivity index (χ3v) is 5.56. The van der Waals surface area contributed by atoms with Gasteiger partial charge in [0.2, 0.25) is 5.91 Å².